The molecule has 4 nitrogen and oxygen atoms in total. The highest BCUT2D eigenvalue weighted by atomic mass is 16.5. The molecule has 2 aromatic carbocycles. The second kappa shape index (κ2) is 7.31. The quantitative estimate of drug-likeness (QED) is 0.758. The Bertz CT molecular complexity index is 621. The van der Waals surface area contributed by atoms with Gasteiger partial charge < -0.3 is 15.4 Å². The first-order valence-corrected chi connectivity index (χ1v) is 7.12. The number of carbonyl (C=O) groups excluding carboxylic acids is 1. The van der Waals surface area contributed by atoms with Gasteiger partial charge in [0.1, 0.15) is 5.75 Å². The van der Waals surface area contributed by atoms with Gasteiger partial charge in [0.05, 0.1) is 12.8 Å². The number of methoxy groups -OCH3 is 1. The monoisotopic (exact) mass is 296 g/mol. The number of aryl methyl sites for hydroxylation is 1. The third-order valence-electron chi connectivity index (χ3n) is 3.49. The zero-order valence-electron chi connectivity index (χ0n) is 12.8. The van der Waals surface area contributed by atoms with Crippen LogP contribution in [0, 0.1) is 0 Å². The molecular formula is C18H20N2O2. The molecule has 4 heteroatoms. The number of amides is 1. The van der Waals surface area contributed by atoms with Gasteiger partial charge in [-0.15, -0.1) is 0 Å². The van der Waals surface area contributed by atoms with E-state index in [9.17, 15) is 4.79 Å². The fraction of sp³-hybridized carbons (Fsp3) is 0.167. The Labute approximate surface area is 130 Å². The maximum atomic E-state index is 10.6. The summed E-state index contributed by atoms with van der Waals surface area (Å²) in [5, 5.41) is 5.77. The Hall–Kier alpha value is -2.75. The summed E-state index contributed by atoms with van der Waals surface area (Å²) in [6.07, 6.45) is 3.24. The molecule has 0 saturated heterocycles. The summed E-state index contributed by atoms with van der Waals surface area (Å²) in [5.41, 5.74) is 5.07. The lowest BCUT2D eigenvalue weighted by Crippen LogP contribution is -1.98. The summed E-state index contributed by atoms with van der Waals surface area (Å²) in [6.45, 7) is 5.81. The molecule has 0 radical (unpaired) electrons. The van der Waals surface area contributed by atoms with E-state index in [0.717, 1.165) is 23.2 Å². The van der Waals surface area contributed by atoms with E-state index >= 15 is 0 Å². The number of carbonyl (C=O) groups is 1. The lowest BCUT2D eigenvalue weighted by Gasteiger charge is -2.13. The average molecular weight is 296 g/mol. The van der Waals surface area contributed by atoms with E-state index in [-0.39, 0.29) is 0 Å². The molecule has 0 aliphatic rings. The molecule has 0 aliphatic carbocycles. The molecule has 0 aliphatic heterocycles. The Kier molecular flexibility index (Phi) is 5.20. The smallest absolute Gasteiger partial charge is 0.211 e. The van der Waals surface area contributed by atoms with Crippen molar-refractivity contribution in [3.63, 3.8) is 0 Å². The highest BCUT2D eigenvalue weighted by molar-refractivity contribution is 5.79. The fourth-order valence-corrected chi connectivity index (χ4v) is 2.37. The lowest BCUT2D eigenvalue weighted by molar-refractivity contribution is -0.105. The van der Waals surface area contributed by atoms with E-state index in [1.54, 1.807) is 13.3 Å². The molecule has 2 N–H and O–H groups in total. The second-order valence-electron chi connectivity index (χ2n) is 4.75. The Morgan fingerprint density at radius 2 is 1.77 bits per heavy atom. The largest absolute Gasteiger partial charge is 0.495 e. The Morgan fingerprint density at radius 1 is 1.09 bits per heavy atom. The summed E-state index contributed by atoms with van der Waals surface area (Å²) in [6, 6.07) is 12.0. The molecular weight excluding hydrogens is 276 g/mol. The standard InChI is InChI=1S/C18H20N2O2/c1-4-13-10-14(6-8-16(13)19-5-2)15-7-9-17(20-12-21)18(11-15)22-3/h5-12,19H,2,4H2,1,3H3,(H,20,21). The van der Waals surface area contributed by atoms with Gasteiger partial charge in [-0.3, -0.25) is 4.79 Å². The summed E-state index contributed by atoms with van der Waals surface area (Å²) in [5.74, 6) is 0.635. The van der Waals surface area contributed by atoms with Crippen LogP contribution in [0.15, 0.2) is 49.2 Å². The van der Waals surface area contributed by atoms with Crippen molar-refractivity contribution in [1.29, 1.82) is 0 Å². The van der Waals surface area contributed by atoms with Crippen LogP contribution in [0.25, 0.3) is 11.1 Å². The van der Waals surface area contributed by atoms with Crippen molar-refractivity contribution >= 4 is 17.8 Å². The number of hydrogen-bond acceptors (Lipinski definition) is 3. The summed E-state index contributed by atoms with van der Waals surface area (Å²) in [7, 11) is 1.59. The summed E-state index contributed by atoms with van der Waals surface area (Å²) >= 11 is 0. The molecule has 0 aromatic heterocycles. The van der Waals surface area contributed by atoms with E-state index in [1.165, 1.54) is 5.56 Å². The topological polar surface area (TPSA) is 50.4 Å². The van der Waals surface area contributed by atoms with Crippen molar-refractivity contribution in [1.82, 2.24) is 0 Å². The number of rotatable bonds is 7. The van der Waals surface area contributed by atoms with Crippen LogP contribution in [-0.4, -0.2) is 13.5 Å². The molecule has 0 heterocycles. The summed E-state index contributed by atoms with van der Waals surface area (Å²) in [4.78, 5) is 10.6. The van der Waals surface area contributed by atoms with E-state index in [2.05, 4.69) is 30.2 Å². The normalized spacial score (nSPS) is 9.91. The van der Waals surface area contributed by atoms with Crippen molar-refractivity contribution in [2.75, 3.05) is 17.7 Å². The second-order valence-corrected chi connectivity index (χ2v) is 4.75. The first-order valence-electron chi connectivity index (χ1n) is 7.12. The van der Waals surface area contributed by atoms with Crippen LogP contribution in [0.2, 0.25) is 0 Å². The van der Waals surface area contributed by atoms with Crippen LogP contribution in [-0.2, 0) is 11.2 Å². The van der Waals surface area contributed by atoms with Gasteiger partial charge in [-0.25, -0.2) is 0 Å². The first kappa shape index (κ1) is 15.6. The molecule has 1 amide bonds. The molecule has 0 spiro atoms. The minimum atomic E-state index is 0.635. The van der Waals surface area contributed by atoms with Gasteiger partial charge in [-0.1, -0.05) is 25.6 Å². The highest BCUT2D eigenvalue weighted by Crippen LogP contribution is 2.32. The zero-order valence-corrected chi connectivity index (χ0v) is 12.8. The lowest BCUT2D eigenvalue weighted by atomic mass is 10.00. The average Bonchev–Trinajstić information content (AvgIpc) is 2.56. The molecule has 0 fully saturated rings. The molecule has 114 valence electrons. The van der Waals surface area contributed by atoms with Crippen LogP contribution < -0.4 is 15.4 Å². The maximum absolute atomic E-state index is 10.6. The molecule has 2 aromatic rings. The number of ether oxygens (including phenoxy) is 1. The number of anilines is 2. The Balaban J connectivity index is 2.43. The van der Waals surface area contributed by atoms with E-state index < -0.39 is 0 Å². The fourth-order valence-electron chi connectivity index (χ4n) is 2.37. The van der Waals surface area contributed by atoms with Gasteiger partial charge in [0, 0.05) is 5.69 Å². The molecule has 22 heavy (non-hydrogen) atoms. The van der Waals surface area contributed by atoms with Crippen molar-refractivity contribution in [2.24, 2.45) is 0 Å². The highest BCUT2D eigenvalue weighted by Gasteiger charge is 2.07. The maximum Gasteiger partial charge on any atom is 0.211 e. The van der Waals surface area contributed by atoms with Crippen molar-refractivity contribution < 1.29 is 9.53 Å². The van der Waals surface area contributed by atoms with Gasteiger partial charge in [-0.2, -0.15) is 0 Å². The van der Waals surface area contributed by atoms with E-state index in [4.69, 9.17) is 4.74 Å². The summed E-state index contributed by atoms with van der Waals surface area (Å²) < 4.78 is 5.33. The molecule has 2 rings (SSSR count). The van der Waals surface area contributed by atoms with Crippen LogP contribution in [0.3, 0.4) is 0 Å². The molecule has 0 saturated carbocycles. The molecule has 0 atom stereocenters. The van der Waals surface area contributed by atoms with Crippen LogP contribution in [0.1, 0.15) is 12.5 Å². The van der Waals surface area contributed by atoms with Crippen LogP contribution in [0.4, 0.5) is 11.4 Å². The van der Waals surface area contributed by atoms with Gasteiger partial charge in [0.2, 0.25) is 6.41 Å². The van der Waals surface area contributed by atoms with Crippen molar-refractivity contribution in [3.05, 3.63) is 54.7 Å². The molecule has 0 unspecified atom stereocenters. The van der Waals surface area contributed by atoms with Gasteiger partial charge in [0.25, 0.3) is 0 Å². The van der Waals surface area contributed by atoms with E-state index in [1.807, 2.05) is 30.3 Å². The minimum absolute atomic E-state index is 0.635. The molecule has 0 bridgehead atoms. The third kappa shape index (κ3) is 3.28. The predicted octanol–water partition coefficient (Wildman–Crippen LogP) is 4.05. The Morgan fingerprint density at radius 3 is 2.36 bits per heavy atom. The number of nitrogens with one attached hydrogen (secondary N) is 2. The van der Waals surface area contributed by atoms with Crippen molar-refractivity contribution in [3.8, 4) is 16.9 Å². The third-order valence-corrected chi connectivity index (χ3v) is 3.49. The zero-order chi connectivity index (χ0) is 15.9. The number of hydrogen-bond donors (Lipinski definition) is 2. The van der Waals surface area contributed by atoms with E-state index in [0.29, 0.717) is 17.8 Å². The van der Waals surface area contributed by atoms with Crippen LogP contribution in [0.5, 0.6) is 5.75 Å². The first-order chi connectivity index (χ1) is 10.7. The van der Waals surface area contributed by atoms with Gasteiger partial charge in [0.15, 0.2) is 0 Å². The SMILES string of the molecule is C=CNc1ccc(-c2ccc(NC=O)c(OC)c2)cc1CC. The van der Waals surface area contributed by atoms with Gasteiger partial charge >= 0.3 is 0 Å². The van der Waals surface area contributed by atoms with Gasteiger partial charge in [-0.05, 0) is 53.6 Å². The predicted molar refractivity (Wildman–Crippen MR) is 91.3 cm³/mol. The van der Waals surface area contributed by atoms with Crippen LogP contribution >= 0.6 is 0 Å². The van der Waals surface area contributed by atoms with Crippen molar-refractivity contribution in [2.45, 2.75) is 13.3 Å². The minimum Gasteiger partial charge on any atom is -0.495 e. The number of benzene rings is 2.